The average Bonchev–Trinajstić information content (AvgIpc) is 3.22. The van der Waals surface area contributed by atoms with E-state index in [9.17, 15) is 0 Å². The van der Waals surface area contributed by atoms with Gasteiger partial charge in [0.2, 0.25) is 5.95 Å². The van der Waals surface area contributed by atoms with E-state index in [4.69, 9.17) is 27.2 Å². The van der Waals surface area contributed by atoms with Gasteiger partial charge in [0.1, 0.15) is 5.02 Å². The Balaban J connectivity index is 0.000000745. The smallest absolute Gasteiger partial charge is 0.290 e. The summed E-state index contributed by atoms with van der Waals surface area (Å²) in [5.41, 5.74) is 6.51. The first-order chi connectivity index (χ1) is 10.4. The molecule has 22 heavy (non-hydrogen) atoms. The van der Waals surface area contributed by atoms with Gasteiger partial charge < -0.3 is 21.1 Å². The SMILES string of the molecule is CCN(CC)CC1(Nc2nc(N)nc(C)c2Cl)CC1.O=CO. The van der Waals surface area contributed by atoms with Crippen LogP contribution in [-0.2, 0) is 4.79 Å². The lowest BCUT2D eigenvalue weighted by molar-refractivity contribution is -0.122. The Labute approximate surface area is 135 Å². The van der Waals surface area contributed by atoms with Crippen molar-refractivity contribution < 1.29 is 9.90 Å². The first-order valence-corrected chi connectivity index (χ1v) is 7.67. The van der Waals surface area contributed by atoms with Gasteiger partial charge in [-0.2, -0.15) is 4.98 Å². The van der Waals surface area contributed by atoms with Crippen LogP contribution in [0.5, 0.6) is 0 Å². The van der Waals surface area contributed by atoms with Gasteiger partial charge in [-0.25, -0.2) is 4.98 Å². The maximum absolute atomic E-state index is 8.36. The summed E-state index contributed by atoms with van der Waals surface area (Å²) in [5, 5.41) is 10.9. The number of halogens is 1. The largest absolute Gasteiger partial charge is 0.483 e. The van der Waals surface area contributed by atoms with Crippen LogP contribution in [0.15, 0.2) is 0 Å². The Hall–Kier alpha value is -1.60. The zero-order valence-electron chi connectivity index (χ0n) is 13.3. The number of aryl methyl sites for hydroxylation is 1. The van der Waals surface area contributed by atoms with Crippen molar-refractivity contribution in [3.8, 4) is 0 Å². The van der Waals surface area contributed by atoms with Crippen molar-refractivity contribution in [3.63, 3.8) is 0 Å². The van der Waals surface area contributed by atoms with Crippen LogP contribution < -0.4 is 11.1 Å². The maximum atomic E-state index is 8.36. The van der Waals surface area contributed by atoms with Crippen molar-refractivity contribution in [2.75, 3.05) is 30.7 Å². The van der Waals surface area contributed by atoms with Gasteiger partial charge in [-0.15, -0.1) is 0 Å². The first-order valence-electron chi connectivity index (χ1n) is 7.29. The predicted molar refractivity (Wildman–Crippen MR) is 88.3 cm³/mol. The van der Waals surface area contributed by atoms with E-state index in [1.165, 1.54) is 0 Å². The van der Waals surface area contributed by atoms with E-state index in [0.717, 1.165) is 38.2 Å². The fourth-order valence-corrected chi connectivity index (χ4v) is 2.40. The number of hydrogen-bond donors (Lipinski definition) is 3. The third-order valence-electron chi connectivity index (χ3n) is 3.69. The molecule has 0 atom stereocenters. The van der Waals surface area contributed by atoms with Gasteiger partial charge in [0.15, 0.2) is 5.82 Å². The van der Waals surface area contributed by atoms with Crippen molar-refractivity contribution in [2.45, 2.75) is 39.2 Å². The van der Waals surface area contributed by atoms with Crippen molar-refractivity contribution in [3.05, 3.63) is 10.7 Å². The van der Waals surface area contributed by atoms with Gasteiger partial charge in [-0.1, -0.05) is 25.4 Å². The normalized spacial score (nSPS) is 15.0. The molecule has 7 nitrogen and oxygen atoms in total. The lowest BCUT2D eigenvalue weighted by Crippen LogP contribution is -2.38. The third kappa shape index (κ3) is 4.99. The number of nitrogens with one attached hydrogen (secondary N) is 1. The van der Waals surface area contributed by atoms with Gasteiger partial charge in [0.05, 0.1) is 11.2 Å². The van der Waals surface area contributed by atoms with Crippen LogP contribution in [-0.4, -0.2) is 51.6 Å². The topological polar surface area (TPSA) is 104 Å². The van der Waals surface area contributed by atoms with Gasteiger partial charge in [0, 0.05) is 6.54 Å². The lowest BCUT2D eigenvalue weighted by Gasteiger charge is -2.26. The molecule has 1 saturated carbocycles. The minimum Gasteiger partial charge on any atom is -0.483 e. The first kappa shape index (κ1) is 18.4. The number of nitrogen functional groups attached to an aromatic ring is 1. The molecule has 2 rings (SSSR count). The molecular formula is C14H24ClN5O2. The quantitative estimate of drug-likeness (QED) is 0.686. The van der Waals surface area contributed by atoms with Gasteiger partial charge in [-0.05, 0) is 32.9 Å². The van der Waals surface area contributed by atoms with E-state index in [0.29, 0.717) is 10.8 Å². The molecule has 8 heteroatoms. The monoisotopic (exact) mass is 329 g/mol. The van der Waals surface area contributed by atoms with E-state index in [1.807, 2.05) is 6.92 Å². The van der Waals surface area contributed by atoms with Crippen molar-refractivity contribution >= 4 is 29.8 Å². The molecule has 4 N–H and O–H groups in total. The number of nitrogens with zero attached hydrogens (tertiary/aromatic N) is 3. The number of aromatic nitrogens is 2. The fraction of sp³-hybridized carbons (Fsp3) is 0.643. The second kappa shape index (κ2) is 8.14. The minimum atomic E-state index is -0.250. The molecule has 0 radical (unpaired) electrons. The Kier molecular flexibility index (Phi) is 6.83. The molecule has 0 amide bonds. The number of anilines is 2. The van der Waals surface area contributed by atoms with Crippen LogP contribution >= 0.6 is 11.6 Å². The number of rotatable bonds is 6. The summed E-state index contributed by atoms with van der Waals surface area (Å²) in [6.45, 7) is 9.07. The summed E-state index contributed by atoms with van der Waals surface area (Å²) in [6.07, 6.45) is 2.28. The Morgan fingerprint density at radius 3 is 2.41 bits per heavy atom. The molecule has 1 aliphatic carbocycles. The molecule has 0 aliphatic heterocycles. The molecular weight excluding hydrogens is 306 g/mol. The highest BCUT2D eigenvalue weighted by Crippen LogP contribution is 2.41. The fourth-order valence-electron chi connectivity index (χ4n) is 2.26. The number of carbonyl (C=O) groups is 1. The number of hydrogen-bond acceptors (Lipinski definition) is 6. The van der Waals surface area contributed by atoms with Crippen molar-refractivity contribution in [1.29, 1.82) is 0 Å². The molecule has 0 aromatic carbocycles. The number of likely N-dealkylation sites (N-methyl/N-ethyl adjacent to an activating group) is 1. The Bertz CT molecular complexity index is 504. The van der Waals surface area contributed by atoms with Crippen LogP contribution in [0.25, 0.3) is 0 Å². The van der Waals surface area contributed by atoms with Gasteiger partial charge in [-0.3, -0.25) is 4.79 Å². The molecule has 0 spiro atoms. The summed E-state index contributed by atoms with van der Waals surface area (Å²) >= 11 is 6.25. The summed E-state index contributed by atoms with van der Waals surface area (Å²) < 4.78 is 0. The highest BCUT2D eigenvalue weighted by atomic mass is 35.5. The number of nitrogens with two attached hydrogens (primary N) is 1. The Morgan fingerprint density at radius 2 is 1.95 bits per heavy atom. The van der Waals surface area contributed by atoms with E-state index in [1.54, 1.807) is 0 Å². The van der Waals surface area contributed by atoms with Crippen LogP contribution in [0.1, 0.15) is 32.4 Å². The Morgan fingerprint density at radius 1 is 1.41 bits per heavy atom. The van der Waals surface area contributed by atoms with Crippen LogP contribution in [0.3, 0.4) is 0 Å². The third-order valence-corrected chi connectivity index (χ3v) is 4.14. The summed E-state index contributed by atoms with van der Waals surface area (Å²) in [5.74, 6) is 0.930. The van der Waals surface area contributed by atoms with E-state index < -0.39 is 0 Å². The predicted octanol–water partition coefficient (Wildman–Crippen LogP) is 2.01. The molecule has 124 valence electrons. The summed E-state index contributed by atoms with van der Waals surface area (Å²) in [4.78, 5) is 19.1. The second-order valence-corrected chi connectivity index (χ2v) is 5.68. The number of carboxylic acid groups (broad SMARTS) is 1. The summed E-state index contributed by atoms with van der Waals surface area (Å²) in [6, 6.07) is 0. The molecule has 0 unspecified atom stereocenters. The molecule has 0 bridgehead atoms. The lowest BCUT2D eigenvalue weighted by atomic mass is 10.2. The highest BCUT2D eigenvalue weighted by Gasteiger charge is 2.44. The molecule has 1 aromatic heterocycles. The minimum absolute atomic E-state index is 0.100. The zero-order valence-corrected chi connectivity index (χ0v) is 14.0. The second-order valence-electron chi connectivity index (χ2n) is 5.30. The van der Waals surface area contributed by atoms with Crippen LogP contribution in [0, 0.1) is 6.92 Å². The maximum Gasteiger partial charge on any atom is 0.290 e. The highest BCUT2D eigenvalue weighted by molar-refractivity contribution is 6.33. The average molecular weight is 330 g/mol. The van der Waals surface area contributed by atoms with E-state index in [-0.39, 0.29) is 18.0 Å². The molecule has 1 heterocycles. The van der Waals surface area contributed by atoms with Gasteiger partial charge >= 0.3 is 0 Å². The van der Waals surface area contributed by atoms with E-state index in [2.05, 4.69) is 34.0 Å². The molecule has 1 aromatic rings. The summed E-state index contributed by atoms with van der Waals surface area (Å²) in [7, 11) is 0. The van der Waals surface area contributed by atoms with Crippen molar-refractivity contribution in [2.24, 2.45) is 0 Å². The zero-order chi connectivity index (χ0) is 16.8. The molecule has 0 saturated heterocycles. The van der Waals surface area contributed by atoms with Crippen molar-refractivity contribution in [1.82, 2.24) is 14.9 Å². The molecule has 1 fully saturated rings. The molecule has 1 aliphatic rings. The van der Waals surface area contributed by atoms with Gasteiger partial charge in [0.25, 0.3) is 6.47 Å². The standard InChI is InChI=1S/C13H22ClN5.CH2O2/c1-4-19(5-2)8-13(6-7-13)18-11-10(14)9(3)16-12(15)17-11;2-1-3/h4-8H2,1-3H3,(H3,15,16,17,18);1H,(H,2,3). The van der Waals surface area contributed by atoms with Crippen LogP contribution in [0.2, 0.25) is 5.02 Å². The van der Waals surface area contributed by atoms with Crippen LogP contribution in [0.4, 0.5) is 11.8 Å². The van der Waals surface area contributed by atoms with E-state index >= 15 is 0 Å².